The van der Waals surface area contributed by atoms with Gasteiger partial charge in [-0.05, 0) is 52.0 Å². The number of halogens is 2. The van der Waals surface area contributed by atoms with Crippen molar-refractivity contribution in [2.75, 3.05) is 0 Å². The van der Waals surface area contributed by atoms with Gasteiger partial charge in [-0.3, -0.25) is 9.59 Å². The summed E-state index contributed by atoms with van der Waals surface area (Å²) in [7, 11) is 0. The van der Waals surface area contributed by atoms with E-state index < -0.39 is 0 Å². The van der Waals surface area contributed by atoms with Gasteiger partial charge in [-0.2, -0.15) is 0 Å². The smallest absolute Gasteiger partial charge is 0.275 e. The molecular formula is C25H25ClFN5O2. The third kappa shape index (κ3) is 3.36. The number of carbonyl (C=O) groups is 1. The van der Waals surface area contributed by atoms with Gasteiger partial charge in [0.1, 0.15) is 17.2 Å². The number of aryl methyl sites for hydroxylation is 2. The quantitative estimate of drug-likeness (QED) is 0.424. The van der Waals surface area contributed by atoms with E-state index in [1.54, 1.807) is 40.2 Å². The van der Waals surface area contributed by atoms with Crippen molar-refractivity contribution in [2.24, 2.45) is 0 Å². The number of imidazole rings is 1. The zero-order valence-corrected chi connectivity index (χ0v) is 20.2. The Labute approximate surface area is 201 Å². The van der Waals surface area contributed by atoms with Gasteiger partial charge in [-0.25, -0.2) is 9.37 Å². The Balaban J connectivity index is 1.58. The molecule has 9 heteroatoms. The monoisotopic (exact) mass is 481 g/mol. The first-order valence-electron chi connectivity index (χ1n) is 11.3. The van der Waals surface area contributed by atoms with Crippen LogP contribution in [0.15, 0.2) is 47.8 Å². The van der Waals surface area contributed by atoms with E-state index in [-0.39, 0.29) is 29.4 Å². The first kappa shape index (κ1) is 22.4. The zero-order valence-electron chi connectivity index (χ0n) is 19.4. The Morgan fingerprint density at radius 2 is 2.00 bits per heavy atom. The highest BCUT2D eigenvalue weighted by Crippen LogP contribution is 2.36. The first-order chi connectivity index (χ1) is 16.2. The van der Waals surface area contributed by atoms with E-state index in [1.165, 1.54) is 10.6 Å². The van der Waals surface area contributed by atoms with Crippen LogP contribution in [0.3, 0.4) is 0 Å². The van der Waals surface area contributed by atoms with Crippen LogP contribution in [0.2, 0.25) is 5.02 Å². The number of rotatable bonds is 4. The number of hydrogen-bond donors (Lipinski definition) is 0. The maximum absolute atomic E-state index is 14.8. The minimum Gasteiger partial charge on any atom is -0.345 e. The fourth-order valence-electron chi connectivity index (χ4n) is 5.04. The summed E-state index contributed by atoms with van der Waals surface area (Å²) in [6.45, 7) is 8.58. The van der Waals surface area contributed by atoms with E-state index in [0.717, 1.165) is 11.3 Å². The molecule has 0 aliphatic carbocycles. The maximum Gasteiger partial charge on any atom is 0.275 e. The number of hydrogen-bond acceptors (Lipinski definition) is 3. The van der Waals surface area contributed by atoms with Crippen LogP contribution in [0, 0.1) is 12.7 Å². The Hall–Kier alpha value is -3.39. The second kappa shape index (κ2) is 8.13. The third-order valence-electron chi connectivity index (χ3n) is 6.65. The van der Waals surface area contributed by atoms with Gasteiger partial charge < -0.3 is 18.6 Å². The molecule has 0 radical (unpaired) electrons. The van der Waals surface area contributed by atoms with Gasteiger partial charge in [-0.1, -0.05) is 11.6 Å². The van der Waals surface area contributed by atoms with Crippen molar-refractivity contribution in [1.82, 2.24) is 23.6 Å². The van der Waals surface area contributed by atoms with Crippen LogP contribution in [-0.2, 0) is 13.1 Å². The van der Waals surface area contributed by atoms with Gasteiger partial charge in [-0.15, -0.1) is 0 Å². The summed E-state index contributed by atoms with van der Waals surface area (Å²) in [4.78, 5) is 32.8. The molecule has 7 nitrogen and oxygen atoms in total. The lowest BCUT2D eigenvalue weighted by Gasteiger charge is -2.39. The predicted molar refractivity (Wildman–Crippen MR) is 129 cm³/mol. The maximum atomic E-state index is 14.8. The molecule has 4 aromatic rings. The SMILES string of the molecule is CCn1cc(C(C)N2C(=O)c3ccc(-n4cnc(C)c4)c(=O)n3CC2C)c2cc(Cl)cc(F)c21. The highest BCUT2D eigenvalue weighted by Gasteiger charge is 2.36. The van der Waals surface area contributed by atoms with Gasteiger partial charge in [0.15, 0.2) is 0 Å². The summed E-state index contributed by atoms with van der Waals surface area (Å²) in [6.07, 6.45) is 5.26. The molecule has 2 unspecified atom stereocenters. The second-order valence-electron chi connectivity index (χ2n) is 8.83. The van der Waals surface area contributed by atoms with Gasteiger partial charge in [0.2, 0.25) is 0 Å². The minimum absolute atomic E-state index is 0.237. The summed E-state index contributed by atoms with van der Waals surface area (Å²) in [5.74, 6) is -0.628. The van der Waals surface area contributed by atoms with Gasteiger partial charge in [0.25, 0.3) is 11.5 Å². The molecule has 1 amide bonds. The van der Waals surface area contributed by atoms with E-state index in [2.05, 4.69) is 4.98 Å². The highest BCUT2D eigenvalue weighted by molar-refractivity contribution is 6.31. The molecule has 0 saturated heterocycles. The summed E-state index contributed by atoms with van der Waals surface area (Å²) < 4.78 is 19.8. The van der Waals surface area contributed by atoms with E-state index in [1.807, 2.05) is 38.5 Å². The Morgan fingerprint density at radius 1 is 1.24 bits per heavy atom. The molecule has 176 valence electrons. The Bertz CT molecular complexity index is 1500. The molecule has 4 heterocycles. The average Bonchev–Trinajstić information content (AvgIpc) is 3.38. The van der Waals surface area contributed by atoms with Crippen LogP contribution in [0.1, 0.15) is 48.6 Å². The number of nitrogens with zero attached hydrogens (tertiary/aromatic N) is 5. The summed E-state index contributed by atoms with van der Waals surface area (Å²) in [6, 6.07) is 5.79. The zero-order chi connectivity index (χ0) is 24.3. The molecule has 34 heavy (non-hydrogen) atoms. The Morgan fingerprint density at radius 3 is 2.68 bits per heavy atom. The van der Waals surface area contributed by atoms with Crippen LogP contribution in [0.25, 0.3) is 16.6 Å². The molecule has 1 aromatic carbocycles. The number of aromatic nitrogens is 4. The summed E-state index contributed by atoms with van der Waals surface area (Å²) >= 11 is 6.17. The van der Waals surface area contributed by atoms with Crippen molar-refractivity contribution in [2.45, 2.75) is 52.9 Å². The van der Waals surface area contributed by atoms with E-state index >= 15 is 0 Å². The van der Waals surface area contributed by atoms with Crippen molar-refractivity contribution in [3.05, 3.63) is 81.1 Å². The third-order valence-corrected chi connectivity index (χ3v) is 6.87. The van der Waals surface area contributed by atoms with E-state index in [4.69, 9.17) is 11.6 Å². The molecule has 1 aliphatic heterocycles. The lowest BCUT2D eigenvalue weighted by molar-refractivity contribution is 0.0512. The normalized spacial score (nSPS) is 16.8. The van der Waals surface area contributed by atoms with Crippen LogP contribution in [-0.4, -0.2) is 35.5 Å². The minimum atomic E-state index is -0.389. The lowest BCUT2D eigenvalue weighted by Crippen LogP contribution is -2.50. The number of fused-ring (bicyclic) bond motifs is 2. The fourth-order valence-corrected chi connectivity index (χ4v) is 5.24. The van der Waals surface area contributed by atoms with Crippen molar-refractivity contribution in [3.63, 3.8) is 0 Å². The fraction of sp³-hybridized carbons (Fsp3) is 0.320. The molecule has 0 N–H and O–H groups in total. The van der Waals surface area contributed by atoms with Crippen molar-refractivity contribution >= 4 is 28.4 Å². The average molecular weight is 482 g/mol. The van der Waals surface area contributed by atoms with Gasteiger partial charge in [0.05, 0.1) is 23.6 Å². The predicted octanol–water partition coefficient (Wildman–Crippen LogP) is 4.72. The largest absolute Gasteiger partial charge is 0.345 e. The molecule has 0 fully saturated rings. The molecular weight excluding hydrogens is 457 g/mol. The van der Waals surface area contributed by atoms with Gasteiger partial charge >= 0.3 is 0 Å². The molecule has 0 saturated carbocycles. The second-order valence-corrected chi connectivity index (χ2v) is 9.27. The molecule has 0 spiro atoms. The van der Waals surface area contributed by atoms with Crippen molar-refractivity contribution < 1.29 is 9.18 Å². The molecule has 3 aromatic heterocycles. The van der Waals surface area contributed by atoms with Crippen LogP contribution < -0.4 is 5.56 Å². The van der Waals surface area contributed by atoms with Crippen molar-refractivity contribution in [3.8, 4) is 5.69 Å². The topological polar surface area (TPSA) is 65.1 Å². The van der Waals surface area contributed by atoms with Crippen LogP contribution in [0.5, 0.6) is 0 Å². The first-order valence-corrected chi connectivity index (χ1v) is 11.6. The van der Waals surface area contributed by atoms with Gasteiger partial charge in [0, 0.05) is 47.5 Å². The number of pyridine rings is 1. The lowest BCUT2D eigenvalue weighted by atomic mass is 10.0. The molecule has 0 bridgehead atoms. The number of benzene rings is 1. The molecule has 1 aliphatic rings. The summed E-state index contributed by atoms with van der Waals surface area (Å²) in [5.41, 5.74) is 2.64. The molecule has 5 rings (SSSR count). The Kier molecular flexibility index (Phi) is 5.36. The van der Waals surface area contributed by atoms with E-state index in [9.17, 15) is 14.0 Å². The van der Waals surface area contributed by atoms with E-state index in [0.29, 0.717) is 40.4 Å². The van der Waals surface area contributed by atoms with Crippen LogP contribution in [0.4, 0.5) is 4.39 Å². The highest BCUT2D eigenvalue weighted by atomic mass is 35.5. The standard InChI is InChI=1S/C25H25ClFN5O2/c1-5-29-12-19(18-8-17(26)9-20(27)23(18)29)16(4)32-15(3)11-31-22(25(32)34)7-6-21(24(31)33)30-10-14(2)28-13-30/h6-10,12-13,15-16H,5,11H2,1-4H3. The number of carbonyl (C=O) groups excluding carboxylic acids is 1. The van der Waals surface area contributed by atoms with Crippen molar-refractivity contribution in [1.29, 1.82) is 0 Å². The summed E-state index contributed by atoms with van der Waals surface area (Å²) in [5, 5.41) is 0.998. The number of amides is 1. The molecule has 2 atom stereocenters. The van der Waals surface area contributed by atoms with Crippen LogP contribution >= 0.6 is 11.6 Å².